The number of nitrogens with zero attached hydrogens (tertiary/aromatic N) is 1. The van der Waals surface area contributed by atoms with E-state index in [1.165, 1.54) is 24.3 Å². The molecule has 2 rings (SSSR count). The topological polar surface area (TPSA) is 66.5 Å². The summed E-state index contributed by atoms with van der Waals surface area (Å²) < 4.78 is 24.5. The minimum atomic E-state index is -3.51. The lowest BCUT2D eigenvalue weighted by molar-refractivity contribution is -0.120. The van der Waals surface area contributed by atoms with E-state index >= 15 is 0 Å². The smallest absolute Gasteiger partial charge is 0.221 e. The van der Waals surface area contributed by atoms with Crippen LogP contribution in [-0.2, 0) is 27.7 Å². The van der Waals surface area contributed by atoms with Crippen molar-refractivity contribution in [2.75, 3.05) is 19.8 Å². The summed E-state index contributed by atoms with van der Waals surface area (Å²) in [6.07, 6.45) is -0.0825. The molecule has 0 radical (unpaired) electrons. The van der Waals surface area contributed by atoms with E-state index in [1.54, 1.807) is 0 Å². The van der Waals surface area contributed by atoms with Gasteiger partial charge in [-0.15, -0.1) is 0 Å². The van der Waals surface area contributed by atoms with E-state index in [0.29, 0.717) is 11.6 Å². The third-order valence-corrected chi connectivity index (χ3v) is 5.84. The summed E-state index contributed by atoms with van der Waals surface area (Å²) in [4.78, 5) is 14.3. The predicted molar refractivity (Wildman–Crippen MR) is 104 cm³/mol. The SMILES string of the molecule is CN(C)Cc1ccccc1CNC(=O)CCS(=O)(=O)c1ccc(Cl)cc1. The number of amides is 1. The number of halogens is 1. The Balaban J connectivity index is 1.91. The molecular weight excluding hydrogens is 372 g/mol. The minimum absolute atomic E-state index is 0.0825. The van der Waals surface area contributed by atoms with Gasteiger partial charge in [0.1, 0.15) is 0 Å². The van der Waals surface area contributed by atoms with Crippen LogP contribution in [0.3, 0.4) is 0 Å². The maximum absolute atomic E-state index is 12.3. The van der Waals surface area contributed by atoms with Gasteiger partial charge in [-0.25, -0.2) is 8.42 Å². The van der Waals surface area contributed by atoms with Gasteiger partial charge in [0, 0.05) is 24.5 Å². The van der Waals surface area contributed by atoms with Crippen molar-refractivity contribution in [1.29, 1.82) is 0 Å². The fraction of sp³-hybridized carbons (Fsp3) is 0.316. The van der Waals surface area contributed by atoms with E-state index in [4.69, 9.17) is 11.6 Å². The molecule has 0 heterocycles. The second-order valence-corrected chi connectivity index (χ2v) is 8.85. The monoisotopic (exact) mass is 394 g/mol. The number of carbonyl (C=O) groups excluding carboxylic acids is 1. The molecule has 0 fully saturated rings. The summed E-state index contributed by atoms with van der Waals surface area (Å²) in [7, 11) is 0.461. The summed E-state index contributed by atoms with van der Waals surface area (Å²) in [5, 5.41) is 3.27. The number of rotatable bonds is 8. The number of nitrogens with one attached hydrogen (secondary N) is 1. The van der Waals surface area contributed by atoms with Crippen LogP contribution in [0.1, 0.15) is 17.5 Å². The second kappa shape index (κ2) is 9.16. The van der Waals surface area contributed by atoms with Gasteiger partial charge < -0.3 is 10.2 Å². The molecule has 0 saturated heterocycles. The fourth-order valence-corrected chi connectivity index (χ4v) is 3.86. The predicted octanol–water partition coefficient (Wildman–Crippen LogP) is 2.88. The standard InChI is InChI=1S/C19H23ClN2O3S/c1-22(2)14-16-6-4-3-5-15(16)13-21-19(23)11-12-26(24,25)18-9-7-17(20)8-10-18/h3-10H,11-14H2,1-2H3,(H,21,23). The Bertz CT molecular complexity index is 849. The van der Waals surface area contributed by atoms with Crippen LogP contribution in [-0.4, -0.2) is 39.1 Å². The molecule has 0 aliphatic rings. The second-order valence-electron chi connectivity index (χ2n) is 6.31. The first-order chi connectivity index (χ1) is 12.3. The summed E-state index contributed by atoms with van der Waals surface area (Å²) in [5.41, 5.74) is 2.15. The van der Waals surface area contributed by atoms with Crippen LogP contribution < -0.4 is 5.32 Å². The highest BCUT2D eigenvalue weighted by Crippen LogP contribution is 2.16. The Kier molecular flexibility index (Phi) is 7.20. The van der Waals surface area contributed by atoms with Crippen molar-refractivity contribution in [2.45, 2.75) is 24.4 Å². The number of sulfone groups is 1. The summed E-state index contributed by atoms with van der Waals surface area (Å²) in [6.45, 7) is 1.15. The highest BCUT2D eigenvalue weighted by molar-refractivity contribution is 7.91. The van der Waals surface area contributed by atoms with E-state index in [2.05, 4.69) is 10.2 Å². The lowest BCUT2D eigenvalue weighted by Crippen LogP contribution is -2.26. The van der Waals surface area contributed by atoms with Gasteiger partial charge in [0.2, 0.25) is 5.91 Å². The minimum Gasteiger partial charge on any atom is -0.352 e. The zero-order valence-electron chi connectivity index (χ0n) is 14.9. The van der Waals surface area contributed by atoms with Gasteiger partial charge in [0.05, 0.1) is 10.6 Å². The molecule has 0 spiro atoms. The third-order valence-electron chi connectivity index (χ3n) is 3.85. The van der Waals surface area contributed by atoms with Crippen molar-refractivity contribution in [3.05, 3.63) is 64.7 Å². The molecule has 0 bridgehead atoms. The Morgan fingerprint density at radius 3 is 2.27 bits per heavy atom. The molecule has 2 aromatic carbocycles. The first-order valence-electron chi connectivity index (χ1n) is 8.24. The Morgan fingerprint density at radius 2 is 1.65 bits per heavy atom. The maximum Gasteiger partial charge on any atom is 0.221 e. The molecule has 0 saturated carbocycles. The van der Waals surface area contributed by atoms with E-state index in [9.17, 15) is 13.2 Å². The molecule has 0 unspecified atom stereocenters. The Hall–Kier alpha value is -1.89. The number of benzene rings is 2. The molecule has 2 aromatic rings. The molecule has 5 nitrogen and oxygen atoms in total. The van der Waals surface area contributed by atoms with Crippen LogP contribution in [0.5, 0.6) is 0 Å². The van der Waals surface area contributed by atoms with E-state index in [-0.39, 0.29) is 23.0 Å². The van der Waals surface area contributed by atoms with Gasteiger partial charge in [-0.1, -0.05) is 35.9 Å². The number of hydrogen-bond donors (Lipinski definition) is 1. The van der Waals surface area contributed by atoms with Crippen LogP contribution >= 0.6 is 11.6 Å². The van der Waals surface area contributed by atoms with Crippen LogP contribution in [0.15, 0.2) is 53.4 Å². The Labute approximate surface area is 159 Å². The average Bonchev–Trinajstić information content (AvgIpc) is 2.59. The average molecular weight is 395 g/mol. The first kappa shape index (κ1) is 20.4. The van der Waals surface area contributed by atoms with Gasteiger partial charge in [0.15, 0.2) is 9.84 Å². The molecule has 0 aliphatic heterocycles. The normalized spacial score (nSPS) is 11.5. The molecule has 1 amide bonds. The molecule has 1 N–H and O–H groups in total. The van der Waals surface area contributed by atoms with E-state index < -0.39 is 9.84 Å². The molecule has 0 aliphatic carbocycles. The number of hydrogen-bond acceptors (Lipinski definition) is 4. The van der Waals surface area contributed by atoms with Crippen molar-refractivity contribution in [2.24, 2.45) is 0 Å². The summed E-state index contributed by atoms with van der Waals surface area (Å²) in [6, 6.07) is 13.8. The molecule has 0 aromatic heterocycles. The third kappa shape index (κ3) is 6.12. The van der Waals surface area contributed by atoms with Crippen LogP contribution in [0.4, 0.5) is 0 Å². The quantitative estimate of drug-likeness (QED) is 0.747. The van der Waals surface area contributed by atoms with Gasteiger partial charge in [-0.05, 0) is 49.5 Å². The first-order valence-corrected chi connectivity index (χ1v) is 10.3. The highest BCUT2D eigenvalue weighted by Gasteiger charge is 2.16. The summed E-state index contributed by atoms with van der Waals surface area (Å²) in [5.74, 6) is -0.526. The van der Waals surface area contributed by atoms with E-state index in [0.717, 1.165) is 17.7 Å². The van der Waals surface area contributed by atoms with E-state index in [1.807, 2.05) is 38.4 Å². The molecule has 26 heavy (non-hydrogen) atoms. The lowest BCUT2D eigenvalue weighted by Gasteiger charge is -2.14. The molecule has 0 atom stereocenters. The zero-order valence-corrected chi connectivity index (χ0v) is 16.5. The van der Waals surface area contributed by atoms with Crippen molar-refractivity contribution in [1.82, 2.24) is 10.2 Å². The molecule has 140 valence electrons. The Morgan fingerprint density at radius 1 is 1.04 bits per heavy atom. The van der Waals surface area contributed by atoms with Gasteiger partial charge in [-0.3, -0.25) is 4.79 Å². The van der Waals surface area contributed by atoms with Crippen molar-refractivity contribution < 1.29 is 13.2 Å². The van der Waals surface area contributed by atoms with Gasteiger partial charge in [0.25, 0.3) is 0 Å². The van der Waals surface area contributed by atoms with Crippen molar-refractivity contribution in [3.63, 3.8) is 0 Å². The van der Waals surface area contributed by atoms with Crippen LogP contribution in [0.2, 0.25) is 5.02 Å². The molecular formula is C19H23ClN2O3S. The lowest BCUT2D eigenvalue weighted by atomic mass is 10.1. The van der Waals surface area contributed by atoms with Gasteiger partial charge >= 0.3 is 0 Å². The van der Waals surface area contributed by atoms with Gasteiger partial charge in [-0.2, -0.15) is 0 Å². The van der Waals surface area contributed by atoms with Crippen molar-refractivity contribution >= 4 is 27.3 Å². The summed E-state index contributed by atoms with van der Waals surface area (Å²) >= 11 is 5.77. The zero-order chi connectivity index (χ0) is 19.2. The largest absolute Gasteiger partial charge is 0.352 e. The van der Waals surface area contributed by atoms with Crippen molar-refractivity contribution in [3.8, 4) is 0 Å². The molecule has 7 heteroatoms. The maximum atomic E-state index is 12.3. The van der Waals surface area contributed by atoms with Crippen LogP contribution in [0.25, 0.3) is 0 Å². The highest BCUT2D eigenvalue weighted by atomic mass is 35.5. The number of carbonyl (C=O) groups is 1. The van der Waals surface area contributed by atoms with Crippen LogP contribution in [0, 0.1) is 0 Å². The fourth-order valence-electron chi connectivity index (χ4n) is 2.49.